The Bertz CT molecular complexity index is 1820. The van der Waals surface area contributed by atoms with E-state index in [9.17, 15) is 13.2 Å². The highest BCUT2D eigenvalue weighted by atomic mass is 32.2. The minimum atomic E-state index is -3.66. The van der Waals surface area contributed by atoms with Gasteiger partial charge >= 0.3 is 0 Å². The first-order chi connectivity index (χ1) is 20.6. The van der Waals surface area contributed by atoms with Gasteiger partial charge in [-0.15, -0.1) is 0 Å². The highest BCUT2D eigenvalue weighted by molar-refractivity contribution is 8.26. The highest BCUT2D eigenvalue weighted by Gasteiger charge is 2.32. The lowest BCUT2D eigenvalue weighted by molar-refractivity contribution is -0.122. The van der Waals surface area contributed by atoms with E-state index in [0.29, 0.717) is 50.5 Å². The van der Waals surface area contributed by atoms with Crippen molar-refractivity contribution in [1.82, 2.24) is 19.0 Å². The van der Waals surface area contributed by atoms with E-state index in [4.69, 9.17) is 26.8 Å². The number of sulfonamides is 1. The Labute approximate surface area is 260 Å². The molecule has 0 bridgehead atoms. The summed E-state index contributed by atoms with van der Waals surface area (Å²) in [4.78, 5) is 15.7. The smallest absolute Gasteiger partial charge is 0.266 e. The molecule has 0 unspecified atom stereocenters. The average molecular weight is 635 g/mol. The molecule has 4 aromatic rings. The first-order valence-electron chi connectivity index (χ1n) is 13.3. The molecule has 0 aliphatic carbocycles. The van der Waals surface area contributed by atoms with E-state index >= 15 is 0 Å². The summed E-state index contributed by atoms with van der Waals surface area (Å²) in [5, 5.41) is 4.80. The molecule has 2 heterocycles. The third-order valence-electron chi connectivity index (χ3n) is 6.88. The number of aromatic nitrogens is 2. The van der Waals surface area contributed by atoms with Gasteiger partial charge in [0.15, 0.2) is 11.5 Å². The number of para-hydroxylation sites is 1. The number of ether oxygens (including phenoxy) is 2. The predicted molar refractivity (Wildman–Crippen MR) is 173 cm³/mol. The molecule has 1 fully saturated rings. The minimum absolute atomic E-state index is 0.150. The second kappa shape index (κ2) is 12.7. The highest BCUT2D eigenvalue weighted by Crippen LogP contribution is 2.36. The number of hydrogen-bond donors (Lipinski definition) is 0. The van der Waals surface area contributed by atoms with Crippen LogP contribution in [0.3, 0.4) is 0 Å². The first-order valence-corrected chi connectivity index (χ1v) is 15.9. The van der Waals surface area contributed by atoms with Crippen molar-refractivity contribution in [2.75, 3.05) is 34.9 Å². The van der Waals surface area contributed by atoms with Gasteiger partial charge in [0, 0.05) is 38.0 Å². The third-order valence-corrected chi connectivity index (χ3v) is 10.1. The molecule has 43 heavy (non-hydrogen) atoms. The van der Waals surface area contributed by atoms with Crippen LogP contribution in [-0.4, -0.2) is 72.5 Å². The van der Waals surface area contributed by atoms with Crippen LogP contribution in [0.15, 0.2) is 88.8 Å². The summed E-state index contributed by atoms with van der Waals surface area (Å²) in [6, 6.07) is 21.9. The molecule has 1 aliphatic rings. The molecule has 9 nitrogen and oxygen atoms in total. The summed E-state index contributed by atoms with van der Waals surface area (Å²) in [7, 11) is 2.49. The topological polar surface area (TPSA) is 94.0 Å². The van der Waals surface area contributed by atoms with E-state index in [1.807, 2.05) is 54.7 Å². The standard InChI is InChI=1S/C31H30N4O5S3/c1-33(2)43(37,38)25-12-8-9-22(18-25)29-23(20-35(32-29)24-10-6-5-7-11-24)19-28-30(36)34(31(41)42-28)16-15-21-13-14-26(39-3)27(17-21)40-4/h5-14,17-20H,15-16H2,1-4H3/b28-19-. The summed E-state index contributed by atoms with van der Waals surface area (Å²) in [5.74, 6) is 1.06. The lowest BCUT2D eigenvalue weighted by atomic mass is 10.1. The van der Waals surface area contributed by atoms with Crippen molar-refractivity contribution in [3.8, 4) is 28.4 Å². The van der Waals surface area contributed by atoms with Gasteiger partial charge in [-0.3, -0.25) is 9.69 Å². The molecule has 0 saturated carbocycles. The summed E-state index contributed by atoms with van der Waals surface area (Å²) in [6.45, 7) is 0.401. The van der Waals surface area contributed by atoms with Crippen molar-refractivity contribution >= 4 is 50.3 Å². The molecular weight excluding hydrogens is 605 g/mol. The van der Waals surface area contributed by atoms with Crippen LogP contribution in [0.5, 0.6) is 11.5 Å². The maximum absolute atomic E-state index is 13.5. The predicted octanol–water partition coefficient (Wildman–Crippen LogP) is 5.25. The van der Waals surface area contributed by atoms with Crippen LogP contribution in [0, 0.1) is 0 Å². The van der Waals surface area contributed by atoms with Crippen molar-refractivity contribution in [2.24, 2.45) is 0 Å². The second-order valence-corrected chi connectivity index (χ2v) is 13.6. The SMILES string of the molecule is COc1ccc(CCN2C(=O)/C(=C/c3cn(-c4ccccc4)nc3-c3cccc(S(=O)(=O)N(C)C)c3)SC2=S)cc1OC. The van der Waals surface area contributed by atoms with Gasteiger partial charge in [-0.1, -0.05) is 60.4 Å². The first kappa shape index (κ1) is 30.5. The molecular formula is C31H30N4O5S3. The van der Waals surface area contributed by atoms with Gasteiger partial charge in [0.05, 0.1) is 29.7 Å². The lowest BCUT2D eigenvalue weighted by Crippen LogP contribution is -2.30. The summed E-state index contributed by atoms with van der Waals surface area (Å²) < 4.78 is 39.8. The monoisotopic (exact) mass is 634 g/mol. The van der Waals surface area contributed by atoms with Crippen molar-refractivity contribution < 1.29 is 22.7 Å². The van der Waals surface area contributed by atoms with Crippen LogP contribution in [0.1, 0.15) is 11.1 Å². The number of hydrogen-bond acceptors (Lipinski definition) is 8. The summed E-state index contributed by atoms with van der Waals surface area (Å²) in [5.41, 5.74) is 3.60. The van der Waals surface area contributed by atoms with Crippen molar-refractivity contribution in [3.63, 3.8) is 0 Å². The van der Waals surface area contributed by atoms with Gasteiger partial charge < -0.3 is 9.47 Å². The second-order valence-electron chi connectivity index (χ2n) is 9.80. The number of benzene rings is 3. The number of carbonyl (C=O) groups excluding carboxylic acids is 1. The fourth-order valence-corrected chi connectivity index (χ4v) is 6.80. The molecule has 0 spiro atoms. The Balaban J connectivity index is 1.48. The van der Waals surface area contributed by atoms with Crippen LogP contribution in [0.25, 0.3) is 23.0 Å². The molecule has 0 N–H and O–H groups in total. The van der Waals surface area contributed by atoms with Crippen LogP contribution in [-0.2, 0) is 21.2 Å². The Morgan fingerprint density at radius 1 is 0.977 bits per heavy atom. The Morgan fingerprint density at radius 3 is 2.42 bits per heavy atom. The van der Waals surface area contributed by atoms with E-state index in [1.165, 1.54) is 30.2 Å². The Hall–Kier alpha value is -3.97. The van der Waals surface area contributed by atoms with Gasteiger partial charge in [0.1, 0.15) is 10.0 Å². The molecule has 1 aromatic heterocycles. The van der Waals surface area contributed by atoms with E-state index in [1.54, 1.807) is 54.1 Å². The fraction of sp³-hybridized carbons (Fsp3) is 0.194. The zero-order valence-electron chi connectivity index (χ0n) is 24.1. The van der Waals surface area contributed by atoms with Gasteiger partial charge in [0.2, 0.25) is 10.0 Å². The zero-order chi connectivity index (χ0) is 30.7. The number of carbonyl (C=O) groups is 1. The number of thiocarbonyl (C=S) groups is 1. The maximum Gasteiger partial charge on any atom is 0.266 e. The molecule has 3 aromatic carbocycles. The normalized spacial score (nSPS) is 14.6. The van der Waals surface area contributed by atoms with E-state index in [-0.39, 0.29) is 10.8 Å². The third kappa shape index (κ3) is 6.37. The Morgan fingerprint density at radius 2 is 1.72 bits per heavy atom. The van der Waals surface area contributed by atoms with Crippen molar-refractivity contribution in [1.29, 1.82) is 0 Å². The Kier molecular flexibility index (Phi) is 9.02. The zero-order valence-corrected chi connectivity index (χ0v) is 26.5. The largest absolute Gasteiger partial charge is 0.493 e. The van der Waals surface area contributed by atoms with Crippen molar-refractivity contribution in [2.45, 2.75) is 11.3 Å². The molecule has 222 valence electrons. The van der Waals surface area contributed by atoms with Gasteiger partial charge in [-0.05, 0) is 54.5 Å². The van der Waals surface area contributed by atoms with Gasteiger partial charge in [0.25, 0.3) is 5.91 Å². The fourth-order valence-electron chi connectivity index (χ4n) is 4.56. The van der Waals surface area contributed by atoms with Crippen LogP contribution in [0.4, 0.5) is 0 Å². The van der Waals surface area contributed by atoms with Gasteiger partial charge in [-0.25, -0.2) is 17.4 Å². The molecule has 1 amide bonds. The number of nitrogens with zero attached hydrogens (tertiary/aromatic N) is 4. The number of thioether (sulfide) groups is 1. The van der Waals surface area contributed by atoms with Crippen molar-refractivity contribution in [3.05, 3.63) is 95.0 Å². The van der Waals surface area contributed by atoms with Crippen LogP contribution in [0.2, 0.25) is 0 Å². The van der Waals surface area contributed by atoms with E-state index < -0.39 is 10.0 Å². The van der Waals surface area contributed by atoms with E-state index in [0.717, 1.165) is 11.3 Å². The summed E-state index contributed by atoms with van der Waals surface area (Å²) in [6.07, 6.45) is 4.17. The maximum atomic E-state index is 13.5. The number of rotatable bonds is 10. The quantitative estimate of drug-likeness (QED) is 0.173. The average Bonchev–Trinajstić information content (AvgIpc) is 3.56. The van der Waals surface area contributed by atoms with Crippen LogP contribution >= 0.6 is 24.0 Å². The molecule has 1 saturated heterocycles. The lowest BCUT2D eigenvalue weighted by Gasteiger charge is -2.15. The molecule has 0 radical (unpaired) electrons. The minimum Gasteiger partial charge on any atom is -0.493 e. The van der Waals surface area contributed by atoms with Crippen LogP contribution < -0.4 is 9.47 Å². The summed E-state index contributed by atoms with van der Waals surface area (Å²) >= 11 is 6.83. The molecule has 5 rings (SSSR count). The van der Waals surface area contributed by atoms with E-state index in [2.05, 4.69) is 0 Å². The number of methoxy groups -OCH3 is 2. The molecule has 1 aliphatic heterocycles. The number of amides is 1. The molecule has 12 heteroatoms. The molecule has 0 atom stereocenters. The van der Waals surface area contributed by atoms with Gasteiger partial charge in [-0.2, -0.15) is 5.10 Å².